The molecule has 1 heterocycles. The Bertz CT molecular complexity index is 795. The van der Waals surface area contributed by atoms with Gasteiger partial charge in [0.15, 0.2) is 0 Å². The quantitative estimate of drug-likeness (QED) is 0.704. The monoisotopic (exact) mass is 384 g/mol. The molecule has 28 heavy (non-hydrogen) atoms. The second-order valence-electron chi connectivity index (χ2n) is 6.58. The molecule has 0 aliphatic carbocycles. The predicted molar refractivity (Wildman–Crippen MR) is 111 cm³/mol. The highest BCUT2D eigenvalue weighted by Gasteiger charge is 2.22. The molecule has 2 aromatic rings. The van der Waals surface area contributed by atoms with Crippen LogP contribution in [0.5, 0.6) is 5.75 Å². The van der Waals surface area contributed by atoms with Gasteiger partial charge in [-0.05, 0) is 36.2 Å². The number of amides is 3. The molecular weight excluding hydrogens is 356 g/mol. The standard InChI is InChI=1S/C21H28N4O3/c1-5-6-9-19(16-8-7-12-22-14-16)25(3)21(27)24-17-10-11-20(28-4)18(13-17)23-15(2)26/h7-8,10-14,19H,5-6,9H2,1-4H3,(H,23,26)(H,24,27)/t19-/m0/s1. The molecule has 1 atom stereocenters. The molecule has 0 saturated heterocycles. The number of carbonyl (C=O) groups excluding carboxylic acids is 2. The summed E-state index contributed by atoms with van der Waals surface area (Å²) in [6, 6.07) is 8.68. The van der Waals surface area contributed by atoms with E-state index in [1.54, 1.807) is 42.5 Å². The van der Waals surface area contributed by atoms with Crippen molar-refractivity contribution in [3.8, 4) is 5.75 Å². The average Bonchev–Trinajstić information content (AvgIpc) is 2.68. The Hall–Kier alpha value is -3.09. The Morgan fingerprint density at radius 1 is 1.25 bits per heavy atom. The summed E-state index contributed by atoms with van der Waals surface area (Å²) in [5, 5.41) is 5.60. The molecule has 0 bridgehead atoms. The van der Waals surface area contributed by atoms with E-state index in [9.17, 15) is 9.59 Å². The number of hydrogen-bond acceptors (Lipinski definition) is 4. The number of nitrogens with zero attached hydrogens (tertiary/aromatic N) is 2. The third kappa shape index (κ3) is 5.70. The minimum atomic E-state index is -0.233. The lowest BCUT2D eigenvalue weighted by Crippen LogP contribution is -2.35. The van der Waals surface area contributed by atoms with Crippen molar-refractivity contribution in [2.24, 2.45) is 0 Å². The number of benzene rings is 1. The maximum atomic E-state index is 12.9. The summed E-state index contributed by atoms with van der Waals surface area (Å²) in [7, 11) is 3.31. The molecule has 0 aliphatic heterocycles. The van der Waals surface area contributed by atoms with E-state index in [4.69, 9.17) is 4.74 Å². The predicted octanol–water partition coefficient (Wildman–Crippen LogP) is 4.44. The molecule has 7 nitrogen and oxygen atoms in total. The van der Waals surface area contributed by atoms with Crippen LogP contribution in [-0.2, 0) is 4.79 Å². The topological polar surface area (TPSA) is 83.6 Å². The van der Waals surface area contributed by atoms with E-state index >= 15 is 0 Å². The Kier molecular flexibility index (Phi) is 7.80. The summed E-state index contributed by atoms with van der Waals surface area (Å²) in [6.45, 7) is 3.55. The number of ether oxygens (including phenoxy) is 1. The zero-order valence-electron chi connectivity index (χ0n) is 16.9. The van der Waals surface area contributed by atoms with Crippen LogP contribution >= 0.6 is 0 Å². The van der Waals surface area contributed by atoms with E-state index < -0.39 is 0 Å². The smallest absolute Gasteiger partial charge is 0.322 e. The fraction of sp³-hybridized carbons (Fsp3) is 0.381. The maximum absolute atomic E-state index is 12.9. The second-order valence-corrected chi connectivity index (χ2v) is 6.58. The number of hydrogen-bond donors (Lipinski definition) is 2. The van der Waals surface area contributed by atoms with Gasteiger partial charge in [0.25, 0.3) is 0 Å². The van der Waals surface area contributed by atoms with Crippen LogP contribution in [0.25, 0.3) is 0 Å². The molecule has 0 aliphatic rings. The van der Waals surface area contributed by atoms with Crippen molar-refractivity contribution in [3.63, 3.8) is 0 Å². The van der Waals surface area contributed by atoms with Crippen molar-refractivity contribution < 1.29 is 14.3 Å². The van der Waals surface area contributed by atoms with Gasteiger partial charge < -0.3 is 20.3 Å². The lowest BCUT2D eigenvalue weighted by molar-refractivity contribution is -0.114. The summed E-state index contributed by atoms with van der Waals surface area (Å²) >= 11 is 0. The van der Waals surface area contributed by atoms with E-state index in [0.29, 0.717) is 17.1 Å². The Balaban J connectivity index is 2.18. The van der Waals surface area contributed by atoms with Gasteiger partial charge in [0.1, 0.15) is 5.75 Å². The number of nitrogens with one attached hydrogen (secondary N) is 2. The highest BCUT2D eigenvalue weighted by atomic mass is 16.5. The summed E-state index contributed by atoms with van der Waals surface area (Å²) in [4.78, 5) is 30.1. The van der Waals surface area contributed by atoms with Crippen LogP contribution in [0.15, 0.2) is 42.7 Å². The van der Waals surface area contributed by atoms with Crippen molar-refractivity contribution >= 4 is 23.3 Å². The molecule has 0 fully saturated rings. The van der Waals surface area contributed by atoms with Crippen LogP contribution in [0.1, 0.15) is 44.7 Å². The number of rotatable bonds is 8. The lowest BCUT2D eigenvalue weighted by Gasteiger charge is -2.28. The molecular formula is C21H28N4O3. The molecule has 0 spiro atoms. The molecule has 2 rings (SSSR count). The first kappa shape index (κ1) is 21.2. The minimum absolute atomic E-state index is 0.0679. The molecule has 0 saturated carbocycles. The molecule has 0 unspecified atom stereocenters. The normalized spacial score (nSPS) is 11.4. The van der Waals surface area contributed by atoms with E-state index in [2.05, 4.69) is 22.5 Å². The number of carbonyl (C=O) groups is 2. The zero-order chi connectivity index (χ0) is 20.5. The first-order valence-corrected chi connectivity index (χ1v) is 9.35. The fourth-order valence-electron chi connectivity index (χ4n) is 2.98. The van der Waals surface area contributed by atoms with Crippen LogP contribution < -0.4 is 15.4 Å². The number of anilines is 2. The SMILES string of the molecule is CCCC[C@@H](c1cccnc1)N(C)C(=O)Nc1ccc(OC)c(NC(C)=O)c1. The van der Waals surface area contributed by atoms with Crippen molar-refractivity contribution in [2.75, 3.05) is 24.8 Å². The molecule has 1 aromatic heterocycles. The fourth-order valence-corrected chi connectivity index (χ4v) is 2.98. The largest absolute Gasteiger partial charge is 0.495 e. The number of pyridine rings is 1. The highest BCUT2D eigenvalue weighted by Crippen LogP contribution is 2.29. The molecule has 150 valence electrons. The van der Waals surface area contributed by atoms with E-state index in [1.165, 1.54) is 14.0 Å². The van der Waals surface area contributed by atoms with Crippen molar-refractivity contribution in [1.82, 2.24) is 9.88 Å². The van der Waals surface area contributed by atoms with Gasteiger partial charge in [-0.15, -0.1) is 0 Å². The molecule has 0 radical (unpaired) electrons. The van der Waals surface area contributed by atoms with Crippen LogP contribution in [0, 0.1) is 0 Å². The van der Waals surface area contributed by atoms with Gasteiger partial charge >= 0.3 is 6.03 Å². The van der Waals surface area contributed by atoms with Gasteiger partial charge in [0.2, 0.25) is 5.91 Å². The third-order valence-corrected chi connectivity index (χ3v) is 4.45. The second kappa shape index (κ2) is 10.3. The van der Waals surface area contributed by atoms with Crippen LogP contribution in [0.3, 0.4) is 0 Å². The van der Waals surface area contributed by atoms with E-state index in [1.807, 2.05) is 12.1 Å². The number of methoxy groups -OCH3 is 1. The Morgan fingerprint density at radius 3 is 2.64 bits per heavy atom. The number of unbranched alkanes of at least 4 members (excludes halogenated alkanes) is 1. The Labute approximate surface area is 166 Å². The maximum Gasteiger partial charge on any atom is 0.322 e. The van der Waals surface area contributed by atoms with Gasteiger partial charge in [-0.3, -0.25) is 9.78 Å². The van der Waals surface area contributed by atoms with Gasteiger partial charge in [-0.1, -0.05) is 25.8 Å². The van der Waals surface area contributed by atoms with Gasteiger partial charge in [-0.25, -0.2) is 4.79 Å². The average molecular weight is 384 g/mol. The van der Waals surface area contributed by atoms with E-state index in [0.717, 1.165) is 24.8 Å². The first-order chi connectivity index (χ1) is 13.5. The van der Waals surface area contributed by atoms with Gasteiger partial charge in [-0.2, -0.15) is 0 Å². The Morgan fingerprint density at radius 2 is 2.04 bits per heavy atom. The third-order valence-electron chi connectivity index (χ3n) is 4.45. The molecule has 2 N–H and O–H groups in total. The lowest BCUT2D eigenvalue weighted by atomic mass is 10.0. The van der Waals surface area contributed by atoms with Gasteiger partial charge in [0.05, 0.1) is 18.8 Å². The summed E-state index contributed by atoms with van der Waals surface area (Å²) in [5.74, 6) is 0.313. The summed E-state index contributed by atoms with van der Waals surface area (Å²) < 4.78 is 5.25. The van der Waals surface area contributed by atoms with E-state index in [-0.39, 0.29) is 18.0 Å². The number of aromatic nitrogens is 1. The van der Waals surface area contributed by atoms with Crippen LogP contribution in [0.4, 0.5) is 16.2 Å². The highest BCUT2D eigenvalue weighted by molar-refractivity contribution is 5.94. The van der Waals surface area contributed by atoms with Crippen molar-refractivity contribution in [3.05, 3.63) is 48.3 Å². The van der Waals surface area contributed by atoms with Gasteiger partial charge in [0, 0.05) is 32.1 Å². The molecule has 7 heteroatoms. The minimum Gasteiger partial charge on any atom is -0.495 e. The van der Waals surface area contributed by atoms with Crippen molar-refractivity contribution in [1.29, 1.82) is 0 Å². The zero-order valence-corrected chi connectivity index (χ0v) is 16.9. The summed E-state index contributed by atoms with van der Waals surface area (Å²) in [6.07, 6.45) is 6.43. The molecule has 1 aromatic carbocycles. The summed E-state index contributed by atoms with van der Waals surface area (Å²) in [5.41, 5.74) is 2.08. The first-order valence-electron chi connectivity index (χ1n) is 9.35. The van der Waals surface area contributed by atoms with Crippen LogP contribution in [-0.4, -0.2) is 36.0 Å². The van der Waals surface area contributed by atoms with Crippen molar-refractivity contribution in [2.45, 2.75) is 39.2 Å². The van der Waals surface area contributed by atoms with Crippen LogP contribution in [0.2, 0.25) is 0 Å². The molecule has 3 amide bonds. The number of urea groups is 1.